The Bertz CT molecular complexity index is 709. The van der Waals surface area contributed by atoms with Gasteiger partial charge < -0.3 is 0 Å². The van der Waals surface area contributed by atoms with Gasteiger partial charge in [0.25, 0.3) is 0 Å². The average molecular weight is 396 g/mol. The van der Waals surface area contributed by atoms with Crippen molar-refractivity contribution >= 4 is 19.7 Å². The highest BCUT2D eigenvalue weighted by molar-refractivity contribution is 6.80. The minimum Gasteiger partial charge on any atom is -0.300 e. The largest absolute Gasteiger partial charge is 0.471 e. The molecule has 0 fully saturated rings. The first-order valence-electron chi connectivity index (χ1n) is 9.20. The third-order valence-electron chi connectivity index (χ3n) is 3.72. The number of para-hydroxylation sites is 1. The lowest BCUT2D eigenvalue weighted by Crippen LogP contribution is -2.42. The number of anilines is 1. The molecule has 27 heavy (non-hydrogen) atoms. The van der Waals surface area contributed by atoms with Gasteiger partial charge in [0.1, 0.15) is 0 Å². The number of benzene rings is 1. The van der Waals surface area contributed by atoms with Crippen LogP contribution >= 0.6 is 0 Å². The molecule has 0 aromatic heterocycles. The molecule has 0 atom stereocenters. The summed E-state index contributed by atoms with van der Waals surface area (Å²) in [6, 6.07) is 6.51. The highest BCUT2D eigenvalue weighted by atomic mass is 28.3. The van der Waals surface area contributed by atoms with Gasteiger partial charge >= 0.3 is 12.1 Å². The minimum absolute atomic E-state index is 0.128. The fourth-order valence-electron chi connectivity index (χ4n) is 2.39. The number of alkyl halides is 3. The van der Waals surface area contributed by atoms with E-state index in [4.69, 9.17) is 0 Å². The molecule has 0 saturated heterocycles. The van der Waals surface area contributed by atoms with E-state index in [1.54, 1.807) is 24.3 Å². The molecule has 1 aromatic carbocycles. The maximum absolute atomic E-state index is 13.1. The molecule has 0 radical (unpaired) electrons. The molecule has 0 saturated carbocycles. The second-order valence-corrected chi connectivity index (χ2v) is 12.5. The second kappa shape index (κ2) is 10.4. The van der Waals surface area contributed by atoms with Gasteiger partial charge in [-0.3, -0.25) is 9.69 Å². The van der Waals surface area contributed by atoms with Crippen LogP contribution in [0.25, 0.3) is 0 Å². The molecular formula is C21H28F3NOSi. The number of unbranched alkanes of at least 4 members (excludes halogenated alkanes) is 3. The molecule has 6 heteroatoms. The summed E-state index contributed by atoms with van der Waals surface area (Å²) >= 11 is 0. The van der Waals surface area contributed by atoms with Gasteiger partial charge in [0.05, 0.1) is 13.8 Å². The molecule has 0 unspecified atom stereocenters. The number of halogens is 3. The van der Waals surface area contributed by atoms with E-state index in [1.165, 1.54) is 6.07 Å². The maximum Gasteiger partial charge on any atom is 0.471 e. The maximum atomic E-state index is 13.1. The lowest BCUT2D eigenvalue weighted by Gasteiger charge is -2.24. The zero-order valence-corrected chi connectivity index (χ0v) is 17.5. The Kier molecular flexibility index (Phi) is 8.84. The van der Waals surface area contributed by atoms with E-state index in [0.29, 0.717) is 12.0 Å². The van der Waals surface area contributed by atoms with E-state index in [2.05, 4.69) is 38.4 Å². The van der Waals surface area contributed by atoms with Crippen molar-refractivity contribution in [2.45, 2.75) is 58.4 Å². The average Bonchev–Trinajstić information content (AvgIpc) is 2.57. The van der Waals surface area contributed by atoms with Gasteiger partial charge in [-0.15, -0.1) is 0 Å². The van der Waals surface area contributed by atoms with Crippen LogP contribution in [-0.2, 0) is 4.79 Å². The Balaban J connectivity index is 3.18. The smallest absolute Gasteiger partial charge is 0.300 e. The highest BCUT2D eigenvalue weighted by Crippen LogP contribution is 2.26. The SMILES string of the molecule is CCCCCC#Cc1ccccc1N(C/C=C/[Si](C)(C)C)C(=O)C(F)(F)F. The number of nitrogens with zero attached hydrogens (tertiary/aromatic N) is 1. The number of amides is 1. The second-order valence-electron chi connectivity index (χ2n) is 7.46. The number of hydrogen-bond acceptors (Lipinski definition) is 1. The number of hydrogen-bond donors (Lipinski definition) is 0. The van der Waals surface area contributed by atoms with Crippen molar-refractivity contribution in [3.8, 4) is 11.8 Å². The van der Waals surface area contributed by atoms with Crippen LogP contribution in [-0.4, -0.2) is 26.7 Å². The van der Waals surface area contributed by atoms with Gasteiger partial charge in [0.2, 0.25) is 0 Å². The minimum atomic E-state index is -4.94. The van der Waals surface area contributed by atoms with Gasteiger partial charge in [-0.2, -0.15) is 13.2 Å². The molecule has 1 rings (SSSR count). The quantitative estimate of drug-likeness (QED) is 0.317. The van der Waals surface area contributed by atoms with E-state index in [9.17, 15) is 18.0 Å². The van der Waals surface area contributed by atoms with E-state index >= 15 is 0 Å². The molecular weight excluding hydrogens is 367 g/mol. The van der Waals surface area contributed by atoms with Crippen LogP contribution < -0.4 is 4.90 Å². The Morgan fingerprint density at radius 2 is 1.85 bits per heavy atom. The monoisotopic (exact) mass is 395 g/mol. The van der Waals surface area contributed by atoms with Crippen LogP contribution in [0.1, 0.15) is 38.2 Å². The third kappa shape index (κ3) is 8.48. The Hall–Kier alpha value is -2.00. The summed E-state index contributed by atoms with van der Waals surface area (Å²) in [7, 11) is -1.58. The predicted octanol–water partition coefficient (Wildman–Crippen LogP) is 5.95. The van der Waals surface area contributed by atoms with Crippen LogP contribution in [0, 0.1) is 11.8 Å². The van der Waals surface area contributed by atoms with Crippen molar-refractivity contribution < 1.29 is 18.0 Å². The van der Waals surface area contributed by atoms with Crippen molar-refractivity contribution in [1.29, 1.82) is 0 Å². The standard InChI is InChI=1S/C21H28F3NOSi/c1-5-6-7-8-9-13-18-14-10-11-15-19(18)25(20(26)21(22,23)24)16-12-17-27(2,3)4/h10-12,14-15,17H,5-8,16H2,1-4H3/b17-12+. The first kappa shape index (κ1) is 23.0. The Morgan fingerprint density at radius 1 is 1.19 bits per heavy atom. The van der Waals surface area contributed by atoms with Gasteiger partial charge in [0, 0.05) is 18.5 Å². The lowest BCUT2D eigenvalue weighted by atomic mass is 10.1. The molecule has 0 heterocycles. The van der Waals surface area contributed by atoms with Crippen LogP contribution in [0.15, 0.2) is 36.0 Å². The summed E-state index contributed by atoms with van der Waals surface area (Å²) in [6.07, 6.45) is 0.503. The Labute approximate surface area is 161 Å². The summed E-state index contributed by atoms with van der Waals surface area (Å²) in [6.45, 7) is 8.20. The zero-order valence-electron chi connectivity index (χ0n) is 16.5. The normalized spacial score (nSPS) is 12.0. The first-order chi connectivity index (χ1) is 12.6. The molecule has 1 amide bonds. The molecule has 0 aliphatic heterocycles. The molecule has 2 nitrogen and oxygen atoms in total. The molecule has 0 aliphatic carbocycles. The first-order valence-corrected chi connectivity index (χ1v) is 12.8. The van der Waals surface area contributed by atoms with Gasteiger partial charge in [-0.05, 0) is 18.6 Å². The van der Waals surface area contributed by atoms with E-state index in [-0.39, 0.29) is 12.2 Å². The number of carbonyl (C=O) groups is 1. The van der Waals surface area contributed by atoms with Crippen molar-refractivity contribution in [3.05, 3.63) is 41.6 Å². The fourth-order valence-corrected chi connectivity index (χ4v) is 3.20. The van der Waals surface area contributed by atoms with Crippen LogP contribution in [0.5, 0.6) is 0 Å². The van der Waals surface area contributed by atoms with Crippen molar-refractivity contribution in [2.75, 3.05) is 11.4 Å². The zero-order chi connectivity index (χ0) is 20.5. The summed E-state index contributed by atoms with van der Waals surface area (Å²) in [4.78, 5) is 12.8. The van der Waals surface area contributed by atoms with Gasteiger partial charge in [0.15, 0.2) is 0 Å². The molecule has 0 N–H and O–H groups in total. The summed E-state index contributed by atoms with van der Waals surface area (Å²) in [5, 5.41) is 0. The molecule has 0 aliphatic rings. The molecule has 0 spiro atoms. The molecule has 148 valence electrons. The number of carbonyl (C=O) groups excluding carboxylic acids is 1. The van der Waals surface area contributed by atoms with Crippen molar-refractivity contribution in [3.63, 3.8) is 0 Å². The highest BCUT2D eigenvalue weighted by Gasteiger charge is 2.43. The Morgan fingerprint density at radius 3 is 2.44 bits per heavy atom. The topological polar surface area (TPSA) is 20.3 Å². The summed E-state index contributed by atoms with van der Waals surface area (Å²) < 4.78 is 39.4. The van der Waals surface area contributed by atoms with Crippen LogP contribution in [0.4, 0.5) is 18.9 Å². The van der Waals surface area contributed by atoms with E-state index in [1.807, 2.05) is 5.70 Å². The number of rotatable bonds is 7. The van der Waals surface area contributed by atoms with Crippen molar-refractivity contribution in [2.24, 2.45) is 0 Å². The third-order valence-corrected chi connectivity index (χ3v) is 4.95. The summed E-state index contributed by atoms with van der Waals surface area (Å²) in [5.74, 6) is 4.08. The fraction of sp³-hybridized carbons (Fsp3) is 0.476. The van der Waals surface area contributed by atoms with E-state index < -0.39 is 20.2 Å². The predicted molar refractivity (Wildman–Crippen MR) is 108 cm³/mol. The van der Waals surface area contributed by atoms with Crippen molar-refractivity contribution in [1.82, 2.24) is 0 Å². The van der Waals surface area contributed by atoms with Gasteiger partial charge in [-0.1, -0.05) is 75.2 Å². The van der Waals surface area contributed by atoms with Crippen LogP contribution in [0.3, 0.4) is 0 Å². The van der Waals surface area contributed by atoms with Crippen LogP contribution in [0.2, 0.25) is 19.6 Å². The molecule has 0 bridgehead atoms. The summed E-state index contributed by atoms with van der Waals surface area (Å²) in [5.41, 5.74) is 2.57. The lowest BCUT2D eigenvalue weighted by molar-refractivity contribution is -0.170. The van der Waals surface area contributed by atoms with Gasteiger partial charge in [-0.25, -0.2) is 0 Å². The molecule has 1 aromatic rings. The van der Waals surface area contributed by atoms with E-state index in [0.717, 1.165) is 24.2 Å².